The van der Waals surface area contributed by atoms with Gasteiger partial charge in [-0.3, -0.25) is 0 Å². The summed E-state index contributed by atoms with van der Waals surface area (Å²) >= 11 is 3.28. The second-order valence-corrected chi connectivity index (χ2v) is 3.74. The average molecular weight is 271 g/mol. The summed E-state index contributed by atoms with van der Waals surface area (Å²) < 4.78 is 7.14. The number of ether oxygens (including phenoxy) is 1. The molecule has 6 heteroatoms. The van der Waals surface area contributed by atoms with Gasteiger partial charge in [-0.25, -0.2) is 9.31 Å². The van der Waals surface area contributed by atoms with E-state index in [0.29, 0.717) is 15.7 Å². The highest BCUT2D eigenvalue weighted by Gasteiger charge is 2.14. The van der Waals surface area contributed by atoms with E-state index < -0.39 is 5.97 Å². The number of carboxylic acids is 1. The van der Waals surface area contributed by atoms with Gasteiger partial charge in [0.2, 0.25) is 0 Å². The van der Waals surface area contributed by atoms with Crippen LogP contribution in [0.1, 0.15) is 10.4 Å². The number of rotatable bonds is 2. The van der Waals surface area contributed by atoms with Crippen molar-refractivity contribution in [1.82, 2.24) is 9.61 Å². The number of carboxylic acid groups (broad SMARTS) is 1. The summed E-state index contributed by atoms with van der Waals surface area (Å²) in [5.41, 5.74) is 0.674. The van der Waals surface area contributed by atoms with E-state index in [1.165, 1.54) is 17.8 Å². The lowest BCUT2D eigenvalue weighted by molar-refractivity contribution is 0.0699. The van der Waals surface area contributed by atoms with E-state index in [9.17, 15) is 4.79 Å². The minimum absolute atomic E-state index is 0.157. The van der Waals surface area contributed by atoms with E-state index in [2.05, 4.69) is 21.0 Å². The lowest BCUT2D eigenvalue weighted by Gasteiger charge is -2.03. The highest BCUT2D eigenvalue weighted by Crippen LogP contribution is 2.26. The molecule has 5 nitrogen and oxygen atoms in total. The lowest BCUT2D eigenvalue weighted by atomic mass is 10.2. The van der Waals surface area contributed by atoms with Crippen LogP contribution < -0.4 is 4.74 Å². The Labute approximate surface area is 93.4 Å². The number of methoxy groups -OCH3 is 1. The second kappa shape index (κ2) is 3.54. The zero-order valence-corrected chi connectivity index (χ0v) is 9.35. The largest absolute Gasteiger partial charge is 0.495 e. The Morgan fingerprint density at radius 3 is 3.00 bits per heavy atom. The molecule has 2 aromatic rings. The van der Waals surface area contributed by atoms with Gasteiger partial charge in [0.05, 0.1) is 25.0 Å². The zero-order chi connectivity index (χ0) is 11.0. The van der Waals surface area contributed by atoms with Crippen LogP contribution in [0.25, 0.3) is 5.52 Å². The Bertz CT molecular complexity index is 535. The van der Waals surface area contributed by atoms with Crippen molar-refractivity contribution in [2.24, 2.45) is 0 Å². The molecule has 2 aromatic heterocycles. The number of hydrogen-bond acceptors (Lipinski definition) is 3. The monoisotopic (exact) mass is 270 g/mol. The molecule has 1 N–H and O–H groups in total. The summed E-state index contributed by atoms with van der Waals surface area (Å²) in [4.78, 5) is 10.9. The van der Waals surface area contributed by atoms with E-state index >= 15 is 0 Å². The van der Waals surface area contributed by atoms with Crippen LogP contribution in [0.3, 0.4) is 0 Å². The molecule has 0 bridgehead atoms. The summed E-state index contributed by atoms with van der Waals surface area (Å²) in [6, 6.07) is 1.70. The Morgan fingerprint density at radius 2 is 2.40 bits per heavy atom. The molecule has 78 valence electrons. The van der Waals surface area contributed by atoms with Gasteiger partial charge < -0.3 is 9.84 Å². The van der Waals surface area contributed by atoms with Gasteiger partial charge in [0.1, 0.15) is 11.3 Å². The molecule has 0 aliphatic rings. The molecule has 15 heavy (non-hydrogen) atoms. The van der Waals surface area contributed by atoms with Gasteiger partial charge in [-0.05, 0) is 22.0 Å². The van der Waals surface area contributed by atoms with E-state index in [1.54, 1.807) is 12.3 Å². The fourth-order valence-corrected chi connectivity index (χ4v) is 1.94. The first-order valence-corrected chi connectivity index (χ1v) is 4.87. The van der Waals surface area contributed by atoms with Crippen molar-refractivity contribution >= 4 is 27.4 Å². The summed E-state index contributed by atoms with van der Waals surface area (Å²) in [6.07, 6.45) is 2.92. The Hall–Kier alpha value is -1.56. The van der Waals surface area contributed by atoms with Gasteiger partial charge in [0.15, 0.2) is 0 Å². The normalized spacial score (nSPS) is 10.5. The van der Waals surface area contributed by atoms with E-state index in [1.807, 2.05) is 0 Å². The van der Waals surface area contributed by atoms with Crippen LogP contribution in [0.4, 0.5) is 0 Å². The Morgan fingerprint density at radius 1 is 1.67 bits per heavy atom. The second-order valence-electron chi connectivity index (χ2n) is 2.88. The first-order chi connectivity index (χ1) is 7.13. The van der Waals surface area contributed by atoms with Gasteiger partial charge in [-0.15, -0.1) is 0 Å². The molecule has 0 saturated heterocycles. The first-order valence-electron chi connectivity index (χ1n) is 4.07. The zero-order valence-electron chi connectivity index (χ0n) is 7.77. The standard InChI is InChI=1S/C9H7BrN2O3/c1-15-5-2-7(10)8-6(9(13)14)3-11-12(8)4-5/h2-4H,1H3,(H,13,14). The third kappa shape index (κ3) is 1.56. The number of aromatic nitrogens is 2. The molecule has 0 fully saturated rings. The van der Waals surface area contributed by atoms with Crippen LogP contribution in [0.2, 0.25) is 0 Å². The Balaban J connectivity index is 2.77. The molecule has 0 unspecified atom stereocenters. The smallest absolute Gasteiger partial charge is 0.339 e. The van der Waals surface area contributed by atoms with Crippen LogP contribution in [0, 0.1) is 0 Å². The van der Waals surface area contributed by atoms with E-state index in [4.69, 9.17) is 9.84 Å². The molecule has 0 aromatic carbocycles. The van der Waals surface area contributed by atoms with Crippen LogP contribution >= 0.6 is 15.9 Å². The highest BCUT2D eigenvalue weighted by molar-refractivity contribution is 9.10. The average Bonchev–Trinajstić information content (AvgIpc) is 2.61. The molecular formula is C9H7BrN2O3. The van der Waals surface area contributed by atoms with Crippen LogP contribution in [-0.4, -0.2) is 27.8 Å². The summed E-state index contributed by atoms with van der Waals surface area (Å²) in [5.74, 6) is -0.398. The summed E-state index contributed by atoms with van der Waals surface area (Å²) in [6.45, 7) is 0. The molecule has 0 atom stereocenters. The maximum atomic E-state index is 10.9. The molecule has 2 rings (SSSR count). The number of fused-ring (bicyclic) bond motifs is 1. The topological polar surface area (TPSA) is 63.8 Å². The number of pyridine rings is 1. The molecule has 0 aliphatic carbocycles. The van der Waals surface area contributed by atoms with Gasteiger partial charge in [0, 0.05) is 4.47 Å². The van der Waals surface area contributed by atoms with E-state index in [-0.39, 0.29) is 5.56 Å². The predicted octanol–water partition coefficient (Wildman–Crippen LogP) is 1.80. The van der Waals surface area contributed by atoms with Gasteiger partial charge in [-0.1, -0.05) is 0 Å². The Kier molecular flexibility index (Phi) is 2.36. The number of nitrogens with zero attached hydrogens (tertiary/aromatic N) is 2. The lowest BCUT2D eigenvalue weighted by Crippen LogP contribution is -1.97. The summed E-state index contributed by atoms with van der Waals surface area (Å²) in [7, 11) is 1.54. The third-order valence-electron chi connectivity index (χ3n) is 2.01. The molecule has 0 radical (unpaired) electrons. The molecule has 0 saturated carbocycles. The fourth-order valence-electron chi connectivity index (χ4n) is 1.32. The van der Waals surface area contributed by atoms with Crippen molar-refractivity contribution in [3.05, 3.63) is 28.5 Å². The number of halogens is 1. The molecule has 0 spiro atoms. The van der Waals surface area contributed by atoms with Crippen LogP contribution in [0.15, 0.2) is 22.9 Å². The quantitative estimate of drug-likeness (QED) is 0.904. The first kappa shape index (κ1) is 9.97. The maximum absolute atomic E-state index is 10.9. The number of aromatic carboxylic acids is 1. The van der Waals surface area contributed by atoms with Crippen molar-refractivity contribution in [1.29, 1.82) is 0 Å². The predicted molar refractivity (Wildman–Crippen MR) is 56.4 cm³/mol. The summed E-state index contributed by atoms with van der Waals surface area (Å²) in [5, 5.41) is 12.9. The third-order valence-corrected chi connectivity index (χ3v) is 2.61. The van der Waals surface area contributed by atoms with Crippen molar-refractivity contribution in [3.8, 4) is 5.75 Å². The number of hydrogen-bond donors (Lipinski definition) is 1. The minimum atomic E-state index is -1.00. The molecule has 0 amide bonds. The van der Waals surface area contributed by atoms with Crippen molar-refractivity contribution in [2.45, 2.75) is 0 Å². The number of carbonyl (C=O) groups is 1. The maximum Gasteiger partial charge on any atom is 0.339 e. The minimum Gasteiger partial charge on any atom is -0.495 e. The molecule has 0 aliphatic heterocycles. The van der Waals surface area contributed by atoms with Crippen LogP contribution in [0.5, 0.6) is 5.75 Å². The van der Waals surface area contributed by atoms with Gasteiger partial charge in [0.25, 0.3) is 0 Å². The van der Waals surface area contributed by atoms with Crippen molar-refractivity contribution in [2.75, 3.05) is 7.11 Å². The van der Waals surface area contributed by atoms with Crippen LogP contribution in [-0.2, 0) is 0 Å². The molecule has 2 heterocycles. The fraction of sp³-hybridized carbons (Fsp3) is 0.111. The van der Waals surface area contributed by atoms with Gasteiger partial charge >= 0.3 is 5.97 Å². The van der Waals surface area contributed by atoms with E-state index in [0.717, 1.165) is 0 Å². The molecular weight excluding hydrogens is 264 g/mol. The van der Waals surface area contributed by atoms with Gasteiger partial charge in [-0.2, -0.15) is 5.10 Å². The highest BCUT2D eigenvalue weighted by atomic mass is 79.9. The van der Waals surface area contributed by atoms with Crippen molar-refractivity contribution in [3.63, 3.8) is 0 Å². The van der Waals surface area contributed by atoms with Crippen molar-refractivity contribution < 1.29 is 14.6 Å². The SMILES string of the molecule is COc1cc(Br)c2c(C(=O)O)cnn2c1.